The number of aryl methyl sites for hydroxylation is 1. The largest absolute Gasteiger partial charge is 0.469 e. The van der Waals surface area contributed by atoms with Crippen LogP contribution in [0.5, 0.6) is 0 Å². The molecule has 37 heavy (non-hydrogen) atoms. The van der Waals surface area contributed by atoms with E-state index < -0.39 is 9.84 Å². The van der Waals surface area contributed by atoms with Crippen LogP contribution in [0.15, 0.2) is 53.4 Å². The number of carbonyl (C=O) groups is 1. The van der Waals surface area contributed by atoms with Gasteiger partial charge in [0.1, 0.15) is 4.90 Å². The molecule has 0 atom stereocenters. The van der Waals surface area contributed by atoms with Crippen molar-refractivity contribution in [1.29, 1.82) is 0 Å². The number of halogens is 1. The second-order valence-electron chi connectivity index (χ2n) is 9.46. The van der Waals surface area contributed by atoms with Crippen LogP contribution >= 0.6 is 11.6 Å². The molecule has 0 amide bonds. The van der Waals surface area contributed by atoms with Crippen LogP contribution in [0, 0.1) is 0 Å². The van der Waals surface area contributed by atoms with E-state index in [0.717, 1.165) is 36.5 Å². The summed E-state index contributed by atoms with van der Waals surface area (Å²) in [6.07, 6.45) is 3.18. The van der Waals surface area contributed by atoms with E-state index in [4.69, 9.17) is 26.3 Å². The van der Waals surface area contributed by atoms with Gasteiger partial charge in [0, 0.05) is 23.8 Å². The molecule has 3 aromatic rings. The fraction of sp³-hybridized carbons (Fsp3) is 0.370. The maximum absolute atomic E-state index is 13.0. The molecule has 0 unspecified atom stereocenters. The van der Waals surface area contributed by atoms with Gasteiger partial charge in [0.2, 0.25) is 5.95 Å². The SMILES string of the molecule is COC(=O)Cc1ccc(Nc2nc(N3CCC(c4cccc(Cl)c4)CC3)nc3c2S(=O)(=O)CCC3)cc1. The average molecular weight is 541 g/mol. The van der Waals surface area contributed by atoms with E-state index in [1.807, 2.05) is 30.3 Å². The highest BCUT2D eigenvalue weighted by Crippen LogP contribution is 2.35. The van der Waals surface area contributed by atoms with Crippen LogP contribution < -0.4 is 10.2 Å². The van der Waals surface area contributed by atoms with E-state index >= 15 is 0 Å². The number of hydrogen-bond donors (Lipinski definition) is 1. The average Bonchev–Trinajstić information content (AvgIpc) is 2.89. The Kier molecular flexibility index (Phi) is 7.35. The summed E-state index contributed by atoms with van der Waals surface area (Å²) >= 11 is 6.19. The Labute approximate surface area is 222 Å². The lowest BCUT2D eigenvalue weighted by Crippen LogP contribution is -2.35. The molecular weight excluding hydrogens is 512 g/mol. The Hall–Kier alpha value is -3.17. The van der Waals surface area contributed by atoms with Gasteiger partial charge in [-0.3, -0.25) is 4.79 Å². The molecule has 2 aliphatic rings. The highest BCUT2D eigenvalue weighted by Gasteiger charge is 2.32. The third-order valence-electron chi connectivity index (χ3n) is 6.95. The monoisotopic (exact) mass is 540 g/mol. The zero-order valence-corrected chi connectivity index (χ0v) is 22.2. The number of nitrogens with zero attached hydrogens (tertiary/aromatic N) is 3. The van der Waals surface area contributed by atoms with Gasteiger partial charge in [0.25, 0.3) is 0 Å². The van der Waals surface area contributed by atoms with E-state index in [9.17, 15) is 13.2 Å². The molecule has 10 heteroatoms. The Bertz CT molecular complexity index is 1400. The van der Waals surface area contributed by atoms with Crippen LogP contribution in [-0.2, 0) is 32.2 Å². The fourth-order valence-electron chi connectivity index (χ4n) is 4.99. The molecule has 3 heterocycles. The third kappa shape index (κ3) is 5.72. The van der Waals surface area contributed by atoms with Crippen molar-refractivity contribution in [2.45, 2.75) is 42.9 Å². The van der Waals surface area contributed by atoms with Crippen LogP contribution in [0.2, 0.25) is 5.02 Å². The number of anilines is 3. The van der Waals surface area contributed by atoms with Crippen LogP contribution in [-0.4, -0.2) is 50.3 Å². The summed E-state index contributed by atoms with van der Waals surface area (Å²) in [5, 5.41) is 3.96. The lowest BCUT2D eigenvalue weighted by atomic mass is 9.89. The van der Waals surface area contributed by atoms with Gasteiger partial charge < -0.3 is 15.0 Å². The summed E-state index contributed by atoms with van der Waals surface area (Å²) < 4.78 is 30.7. The maximum Gasteiger partial charge on any atom is 0.309 e. The number of fused-ring (bicyclic) bond motifs is 1. The molecule has 8 nitrogen and oxygen atoms in total. The number of carbonyl (C=O) groups excluding carboxylic acids is 1. The highest BCUT2D eigenvalue weighted by atomic mass is 35.5. The molecule has 0 radical (unpaired) electrons. The van der Waals surface area contributed by atoms with Crippen LogP contribution in [0.1, 0.15) is 42.0 Å². The van der Waals surface area contributed by atoms with Gasteiger partial charge >= 0.3 is 5.97 Å². The van der Waals surface area contributed by atoms with Gasteiger partial charge in [-0.2, -0.15) is 4.98 Å². The molecule has 2 aromatic carbocycles. The van der Waals surface area contributed by atoms with Gasteiger partial charge in [0.05, 0.1) is 25.0 Å². The number of benzene rings is 2. The quantitative estimate of drug-likeness (QED) is 0.449. The summed E-state index contributed by atoms with van der Waals surface area (Å²) in [6.45, 7) is 1.54. The van der Waals surface area contributed by atoms with Crippen LogP contribution in [0.25, 0.3) is 0 Å². The summed E-state index contributed by atoms with van der Waals surface area (Å²) in [4.78, 5) is 23.3. The molecular formula is C27H29ClN4O4S. The number of rotatable bonds is 6. The molecule has 1 fully saturated rings. The zero-order valence-electron chi connectivity index (χ0n) is 20.6. The number of esters is 1. The Balaban J connectivity index is 1.40. The van der Waals surface area contributed by atoms with Crippen molar-refractivity contribution in [3.05, 3.63) is 70.4 Å². The van der Waals surface area contributed by atoms with Crippen molar-refractivity contribution in [3.63, 3.8) is 0 Å². The van der Waals surface area contributed by atoms with Gasteiger partial charge in [0.15, 0.2) is 15.7 Å². The highest BCUT2D eigenvalue weighted by molar-refractivity contribution is 7.91. The molecule has 194 valence electrons. The van der Waals surface area contributed by atoms with E-state index in [0.29, 0.717) is 41.9 Å². The van der Waals surface area contributed by atoms with Crippen LogP contribution in [0.3, 0.4) is 0 Å². The molecule has 2 aliphatic heterocycles. The zero-order chi connectivity index (χ0) is 26.0. The molecule has 0 bridgehead atoms. The minimum Gasteiger partial charge on any atom is -0.469 e. The lowest BCUT2D eigenvalue weighted by molar-refractivity contribution is -0.139. The summed E-state index contributed by atoms with van der Waals surface area (Å²) in [5.74, 6) is 1.03. The van der Waals surface area contributed by atoms with Crippen molar-refractivity contribution in [2.24, 2.45) is 0 Å². The topological polar surface area (TPSA) is 101 Å². The maximum atomic E-state index is 13.0. The molecule has 0 saturated carbocycles. The first-order chi connectivity index (χ1) is 17.8. The number of piperidine rings is 1. The van der Waals surface area contributed by atoms with Gasteiger partial charge in [-0.25, -0.2) is 13.4 Å². The number of hydrogen-bond acceptors (Lipinski definition) is 8. The predicted molar refractivity (Wildman–Crippen MR) is 143 cm³/mol. The van der Waals surface area contributed by atoms with Crippen molar-refractivity contribution in [2.75, 3.05) is 36.2 Å². The van der Waals surface area contributed by atoms with Gasteiger partial charge in [-0.05, 0) is 67.0 Å². The van der Waals surface area contributed by atoms with E-state index in [2.05, 4.69) is 16.3 Å². The summed E-state index contributed by atoms with van der Waals surface area (Å²) in [6, 6.07) is 15.2. The minimum absolute atomic E-state index is 0.0838. The molecule has 0 spiro atoms. The predicted octanol–water partition coefficient (Wildman–Crippen LogP) is 4.69. The van der Waals surface area contributed by atoms with Crippen LogP contribution in [0.4, 0.5) is 17.5 Å². The fourth-order valence-corrected chi connectivity index (χ4v) is 6.82. The van der Waals surface area contributed by atoms with Gasteiger partial charge in [-0.15, -0.1) is 0 Å². The first kappa shape index (κ1) is 25.5. The van der Waals surface area contributed by atoms with E-state index in [-0.39, 0.29) is 23.0 Å². The first-order valence-electron chi connectivity index (χ1n) is 12.4. The minimum atomic E-state index is -3.50. The van der Waals surface area contributed by atoms with Crippen molar-refractivity contribution in [1.82, 2.24) is 9.97 Å². The molecule has 1 saturated heterocycles. The standard InChI is InChI=1S/C27H29ClN4O4S/c1-36-24(33)16-18-7-9-22(10-8-18)29-26-25-23(6-3-15-37(25,34)35)30-27(31-26)32-13-11-19(12-14-32)20-4-2-5-21(28)17-20/h2,4-5,7-10,17,19H,3,6,11-16H2,1H3,(H,29,30,31). The van der Waals surface area contributed by atoms with Crippen molar-refractivity contribution in [3.8, 4) is 0 Å². The summed E-state index contributed by atoms with van der Waals surface area (Å²) in [7, 11) is -2.14. The Morgan fingerprint density at radius 2 is 1.89 bits per heavy atom. The van der Waals surface area contributed by atoms with Crippen molar-refractivity contribution < 1.29 is 17.9 Å². The van der Waals surface area contributed by atoms with E-state index in [1.165, 1.54) is 12.7 Å². The second-order valence-corrected chi connectivity index (χ2v) is 11.9. The molecule has 0 aliphatic carbocycles. The summed E-state index contributed by atoms with van der Waals surface area (Å²) in [5.41, 5.74) is 3.29. The lowest BCUT2D eigenvalue weighted by Gasteiger charge is -2.33. The van der Waals surface area contributed by atoms with Gasteiger partial charge in [-0.1, -0.05) is 35.9 Å². The number of methoxy groups -OCH3 is 1. The third-order valence-corrected chi connectivity index (χ3v) is 9.06. The number of ether oxygens (including phenoxy) is 1. The molecule has 1 N–H and O–H groups in total. The van der Waals surface area contributed by atoms with E-state index in [1.54, 1.807) is 12.1 Å². The smallest absolute Gasteiger partial charge is 0.309 e. The number of sulfone groups is 1. The van der Waals surface area contributed by atoms with Crippen molar-refractivity contribution >= 4 is 44.9 Å². The number of aromatic nitrogens is 2. The second kappa shape index (κ2) is 10.7. The Morgan fingerprint density at radius 1 is 1.14 bits per heavy atom. The normalized spacial score (nSPS) is 17.2. The molecule has 1 aromatic heterocycles. The Morgan fingerprint density at radius 3 is 2.59 bits per heavy atom. The number of nitrogens with one attached hydrogen (secondary N) is 1. The molecule has 5 rings (SSSR count). The first-order valence-corrected chi connectivity index (χ1v) is 14.4.